The molecule has 1 aliphatic heterocycles. The molecule has 0 unspecified atom stereocenters. The minimum Gasteiger partial charge on any atom is -0.394 e. The van der Waals surface area contributed by atoms with E-state index < -0.39 is 7.82 Å². The summed E-state index contributed by atoms with van der Waals surface area (Å²) < 4.78 is 27.4. The number of pyridine rings is 1. The monoisotopic (exact) mass is 779 g/mol. The lowest BCUT2D eigenvalue weighted by Gasteiger charge is -2.21. The molecule has 0 saturated carbocycles. The molecule has 10 aromatic carbocycles. The van der Waals surface area contributed by atoms with Gasteiger partial charge in [0, 0.05) is 45.8 Å². The molecule has 2 heterocycles. The molecule has 0 atom stereocenters. The molecule has 1 N–H and O–H groups in total. The van der Waals surface area contributed by atoms with E-state index >= 15 is 0 Å². The van der Waals surface area contributed by atoms with Crippen molar-refractivity contribution in [2.24, 2.45) is 0 Å². The maximum Gasteiger partial charge on any atom is 0.584 e. The predicted octanol–water partition coefficient (Wildman–Crippen LogP) is 14.6. The third-order valence-electron chi connectivity index (χ3n) is 11.3. The van der Waals surface area contributed by atoms with Crippen LogP contribution in [0.1, 0.15) is 0 Å². The maximum atomic E-state index is 14.6. The van der Waals surface area contributed by atoms with Gasteiger partial charge in [-0.1, -0.05) is 152 Å². The third kappa shape index (κ3) is 5.90. The normalized spacial score (nSPS) is 13.0. The van der Waals surface area contributed by atoms with Crippen LogP contribution in [0.3, 0.4) is 0 Å². The second kappa shape index (κ2) is 14.0. The first-order valence-electron chi connectivity index (χ1n) is 19.5. The molecule has 0 spiro atoms. The van der Waals surface area contributed by atoms with Crippen molar-refractivity contribution in [2.45, 2.75) is 0 Å². The summed E-state index contributed by atoms with van der Waals surface area (Å²) in [7, 11) is -4.79. The van der Waals surface area contributed by atoms with E-state index in [0.29, 0.717) is 11.5 Å². The number of phosphoric ester groups is 1. The number of phosphoric acid groups is 1. The second-order valence-corrected chi connectivity index (χ2v) is 16.1. The number of aromatic nitrogens is 1. The molecule has 280 valence electrons. The fourth-order valence-corrected chi connectivity index (χ4v) is 9.76. The summed E-state index contributed by atoms with van der Waals surface area (Å²) in [5.74, 6) is 0.639. The van der Waals surface area contributed by atoms with E-state index in [0.717, 1.165) is 98.0 Å². The topological polar surface area (TPSA) is 68.7 Å². The molecule has 59 heavy (non-hydrogen) atoms. The van der Waals surface area contributed by atoms with Gasteiger partial charge in [0.25, 0.3) is 0 Å². The summed E-state index contributed by atoms with van der Waals surface area (Å²) in [6.45, 7) is 0. The average molecular weight is 780 g/mol. The Morgan fingerprint density at radius 2 is 0.644 bits per heavy atom. The molecule has 0 bridgehead atoms. The minimum absolute atomic E-state index is 0.319. The first kappa shape index (κ1) is 34.9. The highest BCUT2D eigenvalue weighted by molar-refractivity contribution is 7.48. The first-order valence-corrected chi connectivity index (χ1v) is 21.0. The van der Waals surface area contributed by atoms with E-state index in [4.69, 9.17) is 9.05 Å². The largest absolute Gasteiger partial charge is 0.584 e. The zero-order chi connectivity index (χ0) is 39.5. The van der Waals surface area contributed by atoms with Crippen molar-refractivity contribution in [3.05, 3.63) is 200 Å². The first-order chi connectivity index (χ1) is 29.0. The van der Waals surface area contributed by atoms with Gasteiger partial charge in [0.1, 0.15) is 11.5 Å². The minimum atomic E-state index is -4.79. The van der Waals surface area contributed by atoms with E-state index in [-0.39, 0.29) is 0 Å². The molecule has 5 nitrogen and oxygen atoms in total. The molecular weight excluding hydrogens is 746 g/mol. The van der Waals surface area contributed by atoms with Gasteiger partial charge in [-0.3, -0.25) is 9.88 Å². The summed E-state index contributed by atoms with van der Waals surface area (Å²) in [5, 5.41) is 12.1. The van der Waals surface area contributed by atoms with Gasteiger partial charge in [0.2, 0.25) is 0 Å². The number of rotatable bonds is 2. The van der Waals surface area contributed by atoms with Gasteiger partial charge in [0.05, 0.1) is 0 Å². The lowest BCUT2D eigenvalue weighted by molar-refractivity contribution is 0.295. The summed E-state index contributed by atoms with van der Waals surface area (Å²) in [4.78, 5) is 15.7. The predicted molar refractivity (Wildman–Crippen MR) is 243 cm³/mol. The van der Waals surface area contributed by atoms with Gasteiger partial charge in [-0.05, 0) is 101 Å². The van der Waals surface area contributed by atoms with Crippen LogP contribution in [0.15, 0.2) is 200 Å². The van der Waals surface area contributed by atoms with Gasteiger partial charge < -0.3 is 9.05 Å². The Hall–Kier alpha value is -7.30. The molecule has 12 rings (SSSR count). The van der Waals surface area contributed by atoms with Crippen molar-refractivity contribution in [3.8, 4) is 44.9 Å². The fourth-order valence-electron chi connectivity index (χ4n) is 8.88. The summed E-state index contributed by atoms with van der Waals surface area (Å²) in [6.07, 6.45) is 3.50. The van der Waals surface area contributed by atoms with Crippen LogP contribution >= 0.6 is 7.82 Å². The number of benzene rings is 10. The lowest BCUT2D eigenvalue weighted by atomic mass is 9.83. The smallest absolute Gasteiger partial charge is 0.394 e. The zero-order valence-corrected chi connectivity index (χ0v) is 32.5. The lowest BCUT2D eigenvalue weighted by Crippen LogP contribution is -2.00. The van der Waals surface area contributed by atoms with Crippen LogP contribution in [0.5, 0.6) is 11.5 Å². The van der Waals surface area contributed by atoms with Crippen molar-refractivity contribution >= 4 is 72.5 Å². The average Bonchev–Trinajstić information content (AvgIpc) is 3.41. The highest BCUT2D eigenvalue weighted by atomic mass is 31.2. The van der Waals surface area contributed by atoms with Crippen molar-refractivity contribution in [1.29, 1.82) is 0 Å². The molecule has 0 saturated heterocycles. The van der Waals surface area contributed by atoms with Gasteiger partial charge in [-0.25, -0.2) is 4.57 Å². The SMILES string of the molecule is O=P1(O)Oc2c(-c3c4ccccc4cc4ccccc34)cc3ccccc3c2-c2c(c(-c3c4ccccc4cc4ccccc34)cc3ccccc23)O1.c1ccncc1. The Morgan fingerprint density at radius 3 is 0.932 bits per heavy atom. The second-order valence-electron chi connectivity index (χ2n) is 14.8. The van der Waals surface area contributed by atoms with Crippen molar-refractivity contribution < 1.29 is 18.5 Å². The van der Waals surface area contributed by atoms with Crippen LogP contribution in [-0.2, 0) is 4.57 Å². The standard InChI is InChI=1S/C48H29O4P.C5H5N/c49-53(50)51-47-41(43-35-19-7-1-13-29(35)25-30-14-2-8-20-36(30)43)27-33-17-5-11-23-39(33)45(47)46-40-24-12-6-18-34(40)28-42(48(46)52-53)44-37-21-9-3-15-31(37)26-32-16-4-10-22-38(32)44;1-2-4-6-5-3-1/h1-28H,(H,49,50);1-5H. The molecule has 0 aliphatic carbocycles. The van der Waals surface area contributed by atoms with Gasteiger partial charge in [-0.15, -0.1) is 0 Å². The van der Waals surface area contributed by atoms with E-state index in [1.165, 1.54) is 0 Å². The number of hydrogen-bond acceptors (Lipinski definition) is 4. The van der Waals surface area contributed by atoms with Crippen molar-refractivity contribution in [3.63, 3.8) is 0 Å². The summed E-state index contributed by atoms with van der Waals surface area (Å²) in [6, 6.07) is 63.8. The number of nitrogens with zero attached hydrogens (tertiary/aromatic N) is 1. The zero-order valence-electron chi connectivity index (χ0n) is 31.6. The third-order valence-corrected chi connectivity index (χ3v) is 12.1. The number of fused-ring (bicyclic) bond motifs is 11. The van der Waals surface area contributed by atoms with E-state index in [1.54, 1.807) is 12.4 Å². The fraction of sp³-hybridized carbons (Fsp3) is 0. The summed E-state index contributed by atoms with van der Waals surface area (Å²) >= 11 is 0. The molecule has 0 amide bonds. The van der Waals surface area contributed by atoms with Gasteiger partial charge >= 0.3 is 7.82 Å². The highest BCUT2D eigenvalue weighted by Crippen LogP contribution is 2.62. The molecular formula is C53H34NO4P. The molecule has 6 heteroatoms. The van der Waals surface area contributed by atoms with Crippen LogP contribution < -0.4 is 9.05 Å². The Labute approximate surface area is 340 Å². The molecule has 0 fully saturated rings. The van der Waals surface area contributed by atoms with Gasteiger partial charge in [-0.2, -0.15) is 0 Å². The van der Waals surface area contributed by atoms with E-state index in [9.17, 15) is 9.46 Å². The Kier molecular flexibility index (Phi) is 8.26. The van der Waals surface area contributed by atoms with Crippen LogP contribution in [0, 0.1) is 0 Å². The van der Waals surface area contributed by atoms with Crippen LogP contribution in [-0.4, -0.2) is 9.88 Å². The summed E-state index contributed by atoms with van der Waals surface area (Å²) in [5.41, 5.74) is 4.76. The number of hydrogen-bond donors (Lipinski definition) is 1. The molecule has 0 radical (unpaired) electrons. The van der Waals surface area contributed by atoms with Crippen LogP contribution in [0.2, 0.25) is 0 Å². The maximum absolute atomic E-state index is 14.6. The van der Waals surface area contributed by atoms with E-state index in [1.807, 2.05) is 91.0 Å². The highest BCUT2D eigenvalue weighted by Gasteiger charge is 2.38. The molecule has 1 aliphatic rings. The molecule has 11 aromatic rings. The Balaban J connectivity index is 0.000000610. The van der Waals surface area contributed by atoms with Crippen LogP contribution in [0.25, 0.3) is 98.0 Å². The van der Waals surface area contributed by atoms with E-state index in [2.05, 4.69) is 102 Å². The molecule has 1 aromatic heterocycles. The quantitative estimate of drug-likeness (QED) is 0.140. The Morgan fingerprint density at radius 1 is 0.356 bits per heavy atom. The van der Waals surface area contributed by atoms with Crippen LogP contribution in [0.4, 0.5) is 0 Å². The van der Waals surface area contributed by atoms with Crippen molar-refractivity contribution in [2.75, 3.05) is 0 Å². The Bertz CT molecular complexity index is 3160. The van der Waals surface area contributed by atoms with Crippen molar-refractivity contribution in [1.82, 2.24) is 4.98 Å². The van der Waals surface area contributed by atoms with Gasteiger partial charge in [0.15, 0.2) is 0 Å².